The number of anilines is 1. The molecule has 0 aliphatic carbocycles. The van der Waals surface area contributed by atoms with Crippen LogP contribution >= 0.6 is 0 Å². The lowest BCUT2D eigenvalue weighted by atomic mass is 10.00. The van der Waals surface area contributed by atoms with Gasteiger partial charge in [-0.1, -0.05) is 18.1 Å². The van der Waals surface area contributed by atoms with Gasteiger partial charge in [0.05, 0.1) is 18.4 Å². The summed E-state index contributed by atoms with van der Waals surface area (Å²) in [5.74, 6) is 1.92. The smallest absolute Gasteiger partial charge is 0.337 e. The molecule has 0 saturated carbocycles. The van der Waals surface area contributed by atoms with Gasteiger partial charge in [-0.2, -0.15) is 0 Å². The van der Waals surface area contributed by atoms with E-state index in [1.165, 1.54) is 13.2 Å². The Balaban J connectivity index is 1.97. The van der Waals surface area contributed by atoms with Crippen molar-refractivity contribution in [3.63, 3.8) is 0 Å². The Kier molecular flexibility index (Phi) is 4.03. The fourth-order valence-corrected chi connectivity index (χ4v) is 2.81. The molecule has 2 aromatic rings. The lowest BCUT2D eigenvalue weighted by Crippen LogP contribution is -2.12. The van der Waals surface area contributed by atoms with Crippen molar-refractivity contribution >= 4 is 11.7 Å². The molecule has 0 saturated heterocycles. The lowest BCUT2D eigenvalue weighted by Gasteiger charge is -2.11. The second-order valence-electron chi connectivity index (χ2n) is 5.29. The van der Waals surface area contributed by atoms with Crippen molar-refractivity contribution in [1.29, 1.82) is 0 Å². The minimum Gasteiger partial charge on any atom is -0.465 e. The van der Waals surface area contributed by atoms with E-state index in [1.54, 1.807) is 12.1 Å². The molecule has 0 aromatic heterocycles. The van der Waals surface area contributed by atoms with Gasteiger partial charge in [0, 0.05) is 18.2 Å². The van der Waals surface area contributed by atoms with E-state index in [2.05, 4.69) is 16.7 Å². The van der Waals surface area contributed by atoms with Gasteiger partial charge in [-0.25, -0.2) is 9.18 Å². The zero-order valence-electron chi connectivity index (χ0n) is 13.0. The first-order valence-electron chi connectivity index (χ1n) is 7.35. The van der Waals surface area contributed by atoms with Crippen LogP contribution < -0.4 is 4.90 Å². The van der Waals surface area contributed by atoms with E-state index in [4.69, 9.17) is 0 Å². The van der Waals surface area contributed by atoms with Gasteiger partial charge in [-0.15, -0.1) is 0 Å². The molecule has 4 heteroatoms. The van der Waals surface area contributed by atoms with Crippen LogP contribution in [0.3, 0.4) is 0 Å². The number of methoxy groups -OCH3 is 1. The number of fused-ring (bicyclic) bond motifs is 1. The molecule has 0 bridgehead atoms. The van der Waals surface area contributed by atoms with E-state index in [0.29, 0.717) is 5.56 Å². The summed E-state index contributed by atoms with van der Waals surface area (Å²) in [6.45, 7) is 2.66. The molecule has 116 valence electrons. The van der Waals surface area contributed by atoms with Gasteiger partial charge >= 0.3 is 5.97 Å². The molecule has 1 aliphatic rings. The number of benzene rings is 2. The van der Waals surface area contributed by atoms with E-state index in [-0.39, 0.29) is 5.56 Å². The zero-order valence-corrected chi connectivity index (χ0v) is 13.0. The highest BCUT2D eigenvalue weighted by Gasteiger charge is 2.19. The summed E-state index contributed by atoms with van der Waals surface area (Å²) in [7, 11) is 1.28. The van der Waals surface area contributed by atoms with Crippen LogP contribution in [0.15, 0.2) is 36.4 Å². The Morgan fingerprint density at radius 1 is 1.26 bits per heavy atom. The standard InChI is InChI=1S/C19H16FNO2/c1-3-9-21-10-8-14-11-13(5-7-18(14)21)16-6-4-15(12-17(16)20)19(22)23-2/h4-7,11-12H,8,10H2,1-2H3. The molecule has 3 rings (SSSR count). The summed E-state index contributed by atoms with van der Waals surface area (Å²) < 4.78 is 18.9. The Bertz CT molecular complexity index is 833. The number of carbonyl (C=O) groups is 1. The summed E-state index contributed by atoms with van der Waals surface area (Å²) in [5.41, 5.74) is 3.71. The lowest BCUT2D eigenvalue weighted by molar-refractivity contribution is 0.0600. The Labute approximate surface area is 134 Å². The van der Waals surface area contributed by atoms with E-state index in [9.17, 15) is 9.18 Å². The van der Waals surface area contributed by atoms with E-state index >= 15 is 0 Å². The minimum atomic E-state index is -0.543. The quantitative estimate of drug-likeness (QED) is 0.627. The molecule has 3 nitrogen and oxygen atoms in total. The summed E-state index contributed by atoms with van der Waals surface area (Å²) in [6, 6.07) is 13.3. The molecule has 1 heterocycles. The van der Waals surface area contributed by atoms with Crippen LogP contribution in [0.4, 0.5) is 10.1 Å². The summed E-state index contributed by atoms with van der Waals surface area (Å²) in [4.78, 5) is 13.5. The number of halogens is 1. The van der Waals surface area contributed by atoms with Crippen LogP contribution in [0.25, 0.3) is 11.1 Å². The Morgan fingerprint density at radius 3 is 2.78 bits per heavy atom. The number of esters is 1. The number of nitrogens with zero attached hydrogens (tertiary/aromatic N) is 1. The van der Waals surface area contributed by atoms with Crippen molar-refractivity contribution in [2.45, 2.75) is 13.3 Å². The van der Waals surface area contributed by atoms with Gasteiger partial charge in [0.2, 0.25) is 0 Å². The molecule has 0 fully saturated rings. The average Bonchev–Trinajstić information content (AvgIpc) is 2.96. The second kappa shape index (κ2) is 6.13. The molecule has 0 N–H and O–H groups in total. The molecule has 0 unspecified atom stereocenters. The van der Waals surface area contributed by atoms with Crippen LogP contribution in [-0.2, 0) is 11.2 Å². The molecule has 0 atom stereocenters. The van der Waals surface area contributed by atoms with Gasteiger partial charge < -0.3 is 9.64 Å². The molecule has 2 aromatic carbocycles. The van der Waals surface area contributed by atoms with E-state index in [1.807, 2.05) is 30.0 Å². The summed E-state index contributed by atoms with van der Waals surface area (Å²) in [6.07, 6.45) is 0.889. The van der Waals surface area contributed by atoms with Gasteiger partial charge in [0.15, 0.2) is 0 Å². The number of rotatable bonds is 2. The highest BCUT2D eigenvalue weighted by molar-refractivity contribution is 5.90. The van der Waals surface area contributed by atoms with E-state index < -0.39 is 11.8 Å². The predicted molar refractivity (Wildman–Crippen MR) is 87.7 cm³/mol. The fraction of sp³-hybridized carbons (Fsp3) is 0.211. The molecule has 0 amide bonds. The van der Waals surface area contributed by atoms with Crippen molar-refractivity contribution in [3.8, 4) is 23.1 Å². The maximum Gasteiger partial charge on any atom is 0.337 e. The van der Waals surface area contributed by atoms with Gasteiger partial charge in [0.1, 0.15) is 5.82 Å². The van der Waals surface area contributed by atoms with E-state index in [0.717, 1.165) is 29.8 Å². The average molecular weight is 309 g/mol. The first-order valence-corrected chi connectivity index (χ1v) is 7.35. The third kappa shape index (κ3) is 2.78. The van der Waals surface area contributed by atoms with Gasteiger partial charge in [-0.3, -0.25) is 0 Å². The summed E-state index contributed by atoms with van der Waals surface area (Å²) in [5, 5.41) is 0. The maximum absolute atomic E-state index is 14.3. The SMILES string of the molecule is CC#CN1CCc2cc(-c3ccc(C(=O)OC)cc3F)ccc21. The van der Waals surface area contributed by atoms with Crippen LogP contribution in [0.5, 0.6) is 0 Å². The number of ether oxygens (including phenoxy) is 1. The highest BCUT2D eigenvalue weighted by atomic mass is 19.1. The number of carbonyl (C=O) groups excluding carboxylic acids is 1. The van der Waals surface area contributed by atoms with Crippen molar-refractivity contribution in [3.05, 3.63) is 53.3 Å². The second-order valence-corrected chi connectivity index (χ2v) is 5.29. The van der Waals surface area contributed by atoms with Crippen molar-refractivity contribution in [2.75, 3.05) is 18.6 Å². The van der Waals surface area contributed by atoms with Crippen LogP contribution in [0, 0.1) is 17.8 Å². The minimum absolute atomic E-state index is 0.208. The topological polar surface area (TPSA) is 29.5 Å². The Morgan fingerprint density at radius 2 is 2.09 bits per heavy atom. The zero-order chi connectivity index (χ0) is 16.4. The third-order valence-electron chi connectivity index (χ3n) is 3.92. The first-order chi connectivity index (χ1) is 11.1. The van der Waals surface area contributed by atoms with Crippen molar-refractivity contribution in [1.82, 2.24) is 0 Å². The largest absolute Gasteiger partial charge is 0.465 e. The molecule has 23 heavy (non-hydrogen) atoms. The maximum atomic E-state index is 14.3. The van der Waals surface area contributed by atoms with Crippen LogP contribution in [-0.4, -0.2) is 19.6 Å². The highest BCUT2D eigenvalue weighted by Crippen LogP contribution is 2.33. The Hall–Kier alpha value is -2.80. The first kappa shape index (κ1) is 15.1. The van der Waals surface area contributed by atoms with Crippen LogP contribution in [0.2, 0.25) is 0 Å². The molecular formula is C19H16FNO2. The normalized spacial score (nSPS) is 12.4. The molecule has 1 aliphatic heterocycles. The summed E-state index contributed by atoms with van der Waals surface area (Å²) >= 11 is 0. The number of hydrogen-bond acceptors (Lipinski definition) is 3. The number of hydrogen-bond donors (Lipinski definition) is 0. The van der Waals surface area contributed by atoms with Crippen molar-refractivity contribution in [2.24, 2.45) is 0 Å². The van der Waals surface area contributed by atoms with Crippen molar-refractivity contribution < 1.29 is 13.9 Å². The van der Waals surface area contributed by atoms with Gasteiger partial charge in [0.25, 0.3) is 0 Å². The predicted octanol–water partition coefficient (Wildman–Crippen LogP) is 3.62. The fourth-order valence-electron chi connectivity index (χ4n) is 2.81. The molecule has 0 radical (unpaired) electrons. The molecular weight excluding hydrogens is 293 g/mol. The third-order valence-corrected chi connectivity index (χ3v) is 3.92. The van der Waals surface area contributed by atoms with Crippen LogP contribution in [0.1, 0.15) is 22.8 Å². The monoisotopic (exact) mass is 309 g/mol. The molecule has 0 spiro atoms. The van der Waals surface area contributed by atoms with Gasteiger partial charge in [-0.05, 0) is 48.7 Å².